The van der Waals surface area contributed by atoms with Crippen molar-refractivity contribution in [2.45, 2.75) is 83.7 Å². The summed E-state index contributed by atoms with van der Waals surface area (Å²) >= 11 is 0. The number of tetrazole rings is 1. The van der Waals surface area contributed by atoms with Crippen LogP contribution in [0.5, 0.6) is 0 Å². The molecular weight excluding hydrogens is 460 g/mol. The van der Waals surface area contributed by atoms with Gasteiger partial charge in [0.25, 0.3) is 5.56 Å². The van der Waals surface area contributed by atoms with Crippen LogP contribution in [0.2, 0.25) is 0 Å². The van der Waals surface area contributed by atoms with Gasteiger partial charge in [-0.15, -0.1) is 5.10 Å². The third-order valence-electron chi connectivity index (χ3n) is 8.47. The van der Waals surface area contributed by atoms with Crippen molar-refractivity contribution < 1.29 is 0 Å². The number of unbranched alkanes of at least 4 members (excludes halogenated alkanes) is 2. The molecule has 2 unspecified atom stereocenters. The Morgan fingerprint density at radius 3 is 2.57 bits per heavy atom. The van der Waals surface area contributed by atoms with Crippen molar-refractivity contribution in [2.24, 2.45) is 5.92 Å². The number of hydrogen-bond acceptors (Lipinski definition) is 4. The molecule has 0 amide bonds. The lowest BCUT2D eigenvalue weighted by Gasteiger charge is -2.38. The van der Waals surface area contributed by atoms with E-state index in [1.165, 1.54) is 49.8 Å². The molecule has 2 aliphatic rings. The fraction of sp³-hybridized carbons (Fsp3) is 0.467. The summed E-state index contributed by atoms with van der Waals surface area (Å²) in [7, 11) is 0. The molecule has 0 saturated heterocycles. The Hall–Kier alpha value is -3.48. The van der Waals surface area contributed by atoms with Gasteiger partial charge in [0, 0.05) is 29.8 Å². The molecule has 7 nitrogen and oxygen atoms in total. The van der Waals surface area contributed by atoms with Crippen LogP contribution in [0.4, 0.5) is 0 Å². The molecule has 7 heteroatoms. The summed E-state index contributed by atoms with van der Waals surface area (Å²) < 4.78 is 4.57. The summed E-state index contributed by atoms with van der Waals surface area (Å²) in [6, 6.07) is 17.2. The summed E-state index contributed by atoms with van der Waals surface area (Å²) in [6.07, 6.45) is 11.4. The van der Waals surface area contributed by atoms with Gasteiger partial charge in [0.1, 0.15) is 0 Å². The van der Waals surface area contributed by atoms with Crippen LogP contribution in [-0.2, 0) is 19.4 Å². The van der Waals surface area contributed by atoms with Gasteiger partial charge in [-0.3, -0.25) is 9.48 Å². The molecule has 2 aromatic carbocycles. The molecule has 0 spiro atoms. The van der Waals surface area contributed by atoms with Crippen LogP contribution in [0.25, 0.3) is 22.5 Å². The first-order valence-electron chi connectivity index (χ1n) is 14.0. The first-order chi connectivity index (χ1) is 18.2. The maximum absolute atomic E-state index is 13.9. The molecule has 3 heterocycles. The van der Waals surface area contributed by atoms with Gasteiger partial charge >= 0.3 is 0 Å². The van der Waals surface area contributed by atoms with Gasteiger partial charge in [-0.2, -0.15) is 0 Å². The topological polar surface area (TPSA) is 81.4 Å². The number of fused-ring (bicyclic) bond motifs is 3. The molecule has 1 aliphatic heterocycles. The zero-order valence-corrected chi connectivity index (χ0v) is 21.7. The number of H-pyrrole nitrogens is 1. The van der Waals surface area contributed by atoms with Crippen molar-refractivity contribution in [3.05, 3.63) is 75.7 Å². The molecule has 0 radical (unpaired) electrons. The molecule has 1 aliphatic carbocycles. The second-order valence-corrected chi connectivity index (χ2v) is 10.7. The van der Waals surface area contributed by atoms with E-state index in [2.05, 4.69) is 67.2 Å². The lowest BCUT2D eigenvalue weighted by molar-refractivity contribution is 0.136. The van der Waals surface area contributed by atoms with E-state index in [9.17, 15) is 4.79 Å². The third kappa shape index (κ3) is 4.56. The van der Waals surface area contributed by atoms with Gasteiger partial charge in [0.05, 0.1) is 6.04 Å². The molecule has 192 valence electrons. The number of aromatic amines is 1. The standard InChI is InChI=1S/C30H36N6O/c1-2-3-4-13-28-26(30(37)36-27-12-8-5-9-23(27)18-19-35(28)36)20-21-14-16-22(17-15-21)24-10-6-7-11-25(24)29-31-33-34-32-29/h6-7,10-11,14-17,23,27H,2-5,8-9,12-13,18-20H2,1H3,(H,31,32,33,34). The van der Waals surface area contributed by atoms with Crippen LogP contribution in [0, 0.1) is 5.92 Å². The molecule has 1 N–H and O–H groups in total. The molecule has 6 rings (SSSR count). The number of benzene rings is 2. The van der Waals surface area contributed by atoms with E-state index >= 15 is 0 Å². The maximum Gasteiger partial charge on any atom is 0.270 e. The van der Waals surface area contributed by atoms with Crippen molar-refractivity contribution in [1.29, 1.82) is 0 Å². The zero-order chi connectivity index (χ0) is 25.2. The Bertz CT molecular complexity index is 1400. The largest absolute Gasteiger partial charge is 0.286 e. The second-order valence-electron chi connectivity index (χ2n) is 10.7. The quantitative estimate of drug-likeness (QED) is 0.305. The van der Waals surface area contributed by atoms with E-state index in [0.29, 0.717) is 24.2 Å². The van der Waals surface area contributed by atoms with Crippen molar-refractivity contribution in [3.63, 3.8) is 0 Å². The first-order valence-corrected chi connectivity index (χ1v) is 14.0. The Balaban J connectivity index is 1.32. The monoisotopic (exact) mass is 496 g/mol. The van der Waals surface area contributed by atoms with E-state index in [1.807, 2.05) is 18.2 Å². The molecule has 1 saturated carbocycles. The van der Waals surface area contributed by atoms with Crippen molar-refractivity contribution >= 4 is 0 Å². The highest BCUT2D eigenvalue weighted by Crippen LogP contribution is 2.39. The highest BCUT2D eigenvalue weighted by atomic mass is 16.1. The van der Waals surface area contributed by atoms with Crippen LogP contribution in [-0.4, -0.2) is 30.0 Å². The normalized spacial score (nSPS) is 18.9. The Morgan fingerprint density at radius 2 is 1.78 bits per heavy atom. The van der Waals surface area contributed by atoms with Crippen molar-refractivity contribution in [2.75, 3.05) is 0 Å². The summed E-state index contributed by atoms with van der Waals surface area (Å²) in [5.41, 5.74) is 6.90. The summed E-state index contributed by atoms with van der Waals surface area (Å²) in [5.74, 6) is 1.33. The van der Waals surface area contributed by atoms with Gasteiger partial charge in [-0.05, 0) is 65.1 Å². The lowest BCUT2D eigenvalue weighted by atomic mass is 9.81. The fourth-order valence-electron chi connectivity index (χ4n) is 6.59. The van der Waals surface area contributed by atoms with Crippen LogP contribution >= 0.6 is 0 Å². The van der Waals surface area contributed by atoms with Crippen LogP contribution < -0.4 is 5.56 Å². The van der Waals surface area contributed by atoms with E-state index < -0.39 is 0 Å². The average molecular weight is 497 g/mol. The zero-order valence-electron chi connectivity index (χ0n) is 21.7. The number of aromatic nitrogens is 6. The van der Waals surface area contributed by atoms with Crippen LogP contribution in [0.1, 0.15) is 81.2 Å². The van der Waals surface area contributed by atoms with Gasteiger partial charge in [-0.1, -0.05) is 81.1 Å². The summed E-state index contributed by atoms with van der Waals surface area (Å²) in [4.78, 5) is 13.9. The molecule has 37 heavy (non-hydrogen) atoms. The summed E-state index contributed by atoms with van der Waals surface area (Å²) in [5, 5.41) is 14.4. The Kier molecular flexibility index (Phi) is 6.77. The molecule has 2 aromatic heterocycles. The SMILES string of the molecule is CCCCCc1c(Cc2ccc(-c3ccccc3-c3nnn[nH]3)cc2)c(=O)n2n1CCC1CCCCC12. The number of nitrogens with one attached hydrogen (secondary N) is 1. The number of rotatable bonds is 8. The van der Waals surface area contributed by atoms with Crippen molar-refractivity contribution in [1.82, 2.24) is 30.0 Å². The lowest BCUT2D eigenvalue weighted by Crippen LogP contribution is -2.39. The van der Waals surface area contributed by atoms with E-state index in [0.717, 1.165) is 48.1 Å². The minimum Gasteiger partial charge on any atom is -0.286 e. The fourth-order valence-corrected chi connectivity index (χ4v) is 6.59. The number of nitrogens with zero attached hydrogens (tertiary/aromatic N) is 5. The van der Waals surface area contributed by atoms with Gasteiger partial charge < -0.3 is 0 Å². The predicted molar refractivity (Wildman–Crippen MR) is 145 cm³/mol. The van der Waals surface area contributed by atoms with E-state index in [4.69, 9.17) is 0 Å². The van der Waals surface area contributed by atoms with Crippen molar-refractivity contribution in [3.8, 4) is 22.5 Å². The maximum atomic E-state index is 13.9. The molecule has 2 atom stereocenters. The van der Waals surface area contributed by atoms with Crippen LogP contribution in [0.15, 0.2) is 53.3 Å². The average Bonchev–Trinajstić information content (AvgIpc) is 3.57. The van der Waals surface area contributed by atoms with E-state index in [1.54, 1.807) is 0 Å². The van der Waals surface area contributed by atoms with Gasteiger partial charge in [0.15, 0.2) is 5.82 Å². The number of hydrogen-bond donors (Lipinski definition) is 1. The first kappa shape index (κ1) is 23.9. The summed E-state index contributed by atoms with van der Waals surface area (Å²) in [6.45, 7) is 3.23. The predicted octanol–water partition coefficient (Wildman–Crippen LogP) is 5.96. The minimum absolute atomic E-state index is 0.260. The second kappa shape index (κ2) is 10.5. The van der Waals surface area contributed by atoms with Gasteiger partial charge in [0.2, 0.25) is 0 Å². The highest BCUT2D eigenvalue weighted by molar-refractivity contribution is 5.80. The highest BCUT2D eigenvalue weighted by Gasteiger charge is 2.35. The van der Waals surface area contributed by atoms with Crippen LogP contribution in [0.3, 0.4) is 0 Å². The molecule has 0 bridgehead atoms. The molecule has 1 fully saturated rings. The smallest absolute Gasteiger partial charge is 0.270 e. The molecule has 4 aromatic rings. The molecular formula is C30H36N6O. The third-order valence-corrected chi connectivity index (χ3v) is 8.47. The Labute approximate surface area is 217 Å². The van der Waals surface area contributed by atoms with E-state index in [-0.39, 0.29) is 5.56 Å². The van der Waals surface area contributed by atoms with Gasteiger partial charge in [-0.25, -0.2) is 9.78 Å². The minimum atomic E-state index is 0.260. The Morgan fingerprint density at radius 1 is 0.973 bits per heavy atom.